The summed E-state index contributed by atoms with van der Waals surface area (Å²) in [5.41, 5.74) is 3.45. The number of ether oxygens (including phenoxy) is 2. The Morgan fingerprint density at radius 3 is 2.59 bits per heavy atom. The number of esters is 1. The molecule has 1 aromatic heterocycles. The number of thiazole rings is 1. The average Bonchev–Trinajstić information content (AvgIpc) is 3.13. The van der Waals surface area contributed by atoms with Crippen molar-refractivity contribution in [1.29, 1.82) is 0 Å². The summed E-state index contributed by atoms with van der Waals surface area (Å²) in [5, 5.41) is 0. The first kappa shape index (κ1) is 24.0. The van der Waals surface area contributed by atoms with E-state index in [2.05, 4.69) is 4.99 Å². The van der Waals surface area contributed by atoms with E-state index >= 15 is 0 Å². The van der Waals surface area contributed by atoms with E-state index in [1.165, 1.54) is 11.3 Å². The van der Waals surface area contributed by atoms with Gasteiger partial charge in [0.25, 0.3) is 5.56 Å². The van der Waals surface area contributed by atoms with Crippen molar-refractivity contribution in [3.8, 4) is 5.75 Å². The van der Waals surface area contributed by atoms with E-state index in [1.807, 2.05) is 61.7 Å². The van der Waals surface area contributed by atoms with Gasteiger partial charge in [0.05, 0.1) is 35.6 Å². The molecule has 1 atom stereocenters. The highest BCUT2D eigenvalue weighted by Crippen LogP contribution is 2.31. The molecule has 0 amide bonds. The highest BCUT2D eigenvalue weighted by molar-refractivity contribution is 7.98. The smallest absolute Gasteiger partial charge is 0.338 e. The van der Waals surface area contributed by atoms with Gasteiger partial charge in [0.2, 0.25) is 0 Å². The van der Waals surface area contributed by atoms with Crippen LogP contribution in [-0.4, -0.2) is 30.5 Å². The number of allylic oxidation sites excluding steroid dienone is 1. The Morgan fingerprint density at radius 2 is 1.94 bits per heavy atom. The SMILES string of the molecule is CCOC(=O)C1=C(C)N=c2s/c(=C\c3ccc(C)c(OC)c3)c(=O)n2C1c1ccc(SC)cc1. The molecule has 8 heteroatoms. The Balaban J connectivity index is 1.93. The Labute approximate surface area is 206 Å². The largest absolute Gasteiger partial charge is 0.496 e. The minimum Gasteiger partial charge on any atom is -0.496 e. The summed E-state index contributed by atoms with van der Waals surface area (Å²) >= 11 is 2.94. The van der Waals surface area contributed by atoms with Crippen LogP contribution >= 0.6 is 23.1 Å². The molecule has 1 aliphatic rings. The maximum Gasteiger partial charge on any atom is 0.338 e. The standard InChI is InChI=1S/C26H26N2O4S2/c1-6-32-25(30)22-16(3)27-26-28(23(22)18-9-11-19(33-5)12-10-18)24(29)21(34-26)14-17-8-7-15(2)20(13-17)31-4/h7-14,23H,6H2,1-5H3/b21-14-. The van der Waals surface area contributed by atoms with E-state index in [9.17, 15) is 9.59 Å². The van der Waals surface area contributed by atoms with Crippen molar-refractivity contribution < 1.29 is 14.3 Å². The van der Waals surface area contributed by atoms with Gasteiger partial charge in [0.1, 0.15) is 5.75 Å². The third-order valence-electron chi connectivity index (χ3n) is 5.68. The maximum atomic E-state index is 13.7. The first-order valence-electron chi connectivity index (χ1n) is 10.9. The van der Waals surface area contributed by atoms with E-state index in [-0.39, 0.29) is 12.2 Å². The summed E-state index contributed by atoms with van der Waals surface area (Å²) in [7, 11) is 1.63. The molecule has 0 bridgehead atoms. The molecule has 0 fully saturated rings. The molecule has 0 N–H and O–H groups in total. The van der Waals surface area contributed by atoms with Crippen molar-refractivity contribution in [1.82, 2.24) is 4.57 Å². The summed E-state index contributed by atoms with van der Waals surface area (Å²) in [5.74, 6) is 0.300. The minimum absolute atomic E-state index is 0.198. The van der Waals surface area contributed by atoms with Crippen LogP contribution in [0.15, 0.2) is 68.4 Å². The highest BCUT2D eigenvalue weighted by atomic mass is 32.2. The lowest BCUT2D eigenvalue weighted by atomic mass is 9.96. The number of hydrogen-bond donors (Lipinski definition) is 0. The summed E-state index contributed by atoms with van der Waals surface area (Å²) in [6.45, 7) is 5.77. The average molecular weight is 495 g/mol. The third kappa shape index (κ3) is 4.48. The summed E-state index contributed by atoms with van der Waals surface area (Å²) < 4.78 is 12.9. The van der Waals surface area contributed by atoms with Crippen molar-refractivity contribution in [2.75, 3.05) is 20.0 Å². The van der Waals surface area contributed by atoms with E-state index < -0.39 is 12.0 Å². The molecular weight excluding hydrogens is 468 g/mol. The maximum absolute atomic E-state index is 13.7. The fourth-order valence-electron chi connectivity index (χ4n) is 3.97. The van der Waals surface area contributed by atoms with Gasteiger partial charge in [-0.3, -0.25) is 9.36 Å². The van der Waals surface area contributed by atoms with Gasteiger partial charge in [-0.25, -0.2) is 9.79 Å². The third-order valence-corrected chi connectivity index (χ3v) is 7.40. The molecule has 176 valence electrons. The van der Waals surface area contributed by atoms with Gasteiger partial charge in [0.15, 0.2) is 4.80 Å². The van der Waals surface area contributed by atoms with Gasteiger partial charge in [-0.05, 0) is 68.0 Å². The monoisotopic (exact) mass is 494 g/mol. The normalized spacial score (nSPS) is 15.7. The number of thioether (sulfide) groups is 1. The van der Waals surface area contributed by atoms with Crippen LogP contribution in [0, 0.1) is 6.92 Å². The summed E-state index contributed by atoms with van der Waals surface area (Å²) in [6.07, 6.45) is 3.84. The Hall–Kier alpha value is -3.10. The van der Waals surface area contributed by atoms with Crippen LogP contribution in [0.2, 0.25) is 0 Å². The van der Waals surface area contributed by atoms with E-state index in [4.69, 9.17) is 9.47 Å². The van der Waals surface area contributed by atoms with Crippen molar-refractivity contribution >= 4 is 35.1 Å². The second-order valence-corrected chi connectivity index (χ2v) is 9.69. The molecule has 2 heterocycles. The molecule has 0 saturated carbocycles. The molecule has 0 aliphatic carbocycles. The lowest BCUT2D eigenvalue weighted by Crippen LogP contribution is -2.39. The second-order valence-electron chi connectivity index (χ2n) is 7.80. The molecule has 4 rings (SSSR count). The molecular formula is C26H26N2O4S2. The number of aromatic nitrogens is 1. The number of nitrogens with zero attached hydrogens (tertiary/aromatic N) is 2. The molecule has 34 heavy (non-hydrogen) atoms. The van der Waals surface area contributed by atoms with Crippen LogP contribution in [0.4, 0.5) is 0 Å². The zero-order valence-electron chi connectivity index (χ0n) is 19.7. The molecule has 1 unspecified atom stereocenters. The zero-order chi connectivity index (χ0) is 24.4. The Kier molecular flexibility index (Phi) is 7.09. The fourth-order valence-corrected chi connectivity index (χ4v) is 5.43. The molecule has 0 spiro atoms. The van der Waals surface area contributed by atoms with Gasteiger partial charge in [-0.1, -0.05) is 35.6 Å². The number of rotatable bonds is 6. The molecule has 0 radical (unpaired) electrons. The molecule has 3 aromatic rings. The molecule has 6 nitrogen and oxygen atoms in total. The van der Waals surface area contributed by atoms with Gasteiger partial charge < -0.3 is 9.47 Å². The van der Waals surface area contributed by atoms with Crippen LogP contribution in [0.25, 0.3) is 6.08 Å². The number of fused-ring (bicyclic) bond motifs is 1. The zero-order valence-corrected chi connectivity index (χ0v) is 21.4. The van der Waals surface area contributed by atoms with E-state index in [0.29, 0.717) is 20.6 Å². The quantitative estimate of drug-likeness (QED) is 0.385. The van der Waals surface area contributed by atoms with Crippen LogP contribution in [0.3, 0.4) is 0 Å². The molecule has 2 aromatic carbocycles. The second kappa shape index (κ2) is 10.0. The van der Waals surface area contributed by atoms with Crippen molar-refractivity contribution in [3.05, 3.63) is 90.1 Å². The number of hydrogen-bond acceptors (Lipinski definition) is 7. The predicted molar refractivity (Wildman–Crippen MR) is 136 cm³/mol. The van der Waals surface area contributed by atoms with E-state index in [0.717, 1.165) is 27.3 Å². The Bertz CT molecular complexity index is 1450. The van der Waals surface area contributed by atoms with Crippen molar-refractivity contribution in [2.24, 2.45) is 4.99 Å². The fraction of sp³-hybridized carbons (Fsp3) is 0.269. The van der Waals surface area contributed by atoms with Crippen LogP contribution < -0.4 is 19.6 Å². The number of carbonyl (C=O) groups is 1. The summed E-state index contributed by atoms with van der Waals surface area (Å²) in [4.78, 5) is 32.9. The lowest BCUT2D eigenvalue weighted by Gasteiger charge is -2.24. The van der Waals surface area contributed by atoms with Gasteiger partial charge in [-0.15, -0.1) is 11.8 Å². The van der Waals surface area contributed by atoms with Crippen LogP contribution in [-0.2, 0) is 9.53 Å². The number of methoxy groups -OCH3 is 1. The van der Waals surface area contributed by atoms with E-state index in [1.54, 1.807) is 37.3 Å². The molecule has 0 saturated heterocycles. The number of aryl methyl sites for hydroxylation is 1. The first-order valence-corrected chi connectivity index (χ1v) is 12.9. The topological polar surface area (TPSA) is 69.9 Å². The van der Waals surface area contributed by atoms with Crippen molar-refractivity contribution in [3.63, 3.8) is 0 Å². The predicted octanol–water partition coefficient (Wildman–Crippen LogP) is 3.84. The van der Waals surface area contributed by atoms with Crippen molar-refractivity contribution in [2.45, 2.75) is 31.7 Å². The lowest BCUT2D eigenvalue weighted by molar-refractivity contribution is -0.139. The van der Waals surface area contributed by atoms with Gasteiger partial charge >= 0.3 is 5.97 Å². The van der Waals surface area contributed by atoms with Crippen LogP contribution in [0.5, 0.6) is 5.75 Å². The first-order chi connectivity index (χ1) is 16.4. The van der Waals surface area contributed by atoms with Crippen LogP contribution in [0.1, 0.15) is 36.6 Å². The molecule has 1 aliphatic heterocycles. The number of carbonyl (C=O) groups excluding carboxylic acids is 1. The Morgan fingerprint density at radius 1 is 1.21 bits per heavy atom. The minimum atomic E-state index is -0.610. The van der Waals surface area contributed by atoms with Gasteiger partial charge in [-0.2, -0.15) is 0 Å². The number of benzene rings is 2. The summed E-state index contributed by atoms with van der Waals surface area (Å²) in [6, 6.07) is 13.1. The van der Waals surface area contributed by atoms with Gasteiger partial charge in [0, 0.05) is 4.90 Å². The highest BCUT2D eigenvalue weighted by Gasteiger charge is 2.33.